The number of fused-ring (bicyclic) bond motifs is 8. The van der Waals surface area contributed by atoms with E-state index in [2.05, 4.69) is 50.2 Å². The molecule has 0 aromatic heterocycles. The number of rotatable bonds is 2. The second-order valence-electron chi connectivity index (χ2n) is 9.54. The quantitative estimate of drug-likeness (QED) is 0.746. The summed E-state index contributed by atoms with van der Waals surface area (Å²) in [6, 6.07) is 20.8. The molecular weight excluding hydrogens is 374 g/mol. The molecule has 3 aliphatic carbocycles. The van der Waals surface area contributed by atoms with E-state index in [9.17, 15) is 9.59 Å². The van der Waals surface area contributed by atoms with Gasteiger partial charge in [0.25, 0.3) is 0 Å². The standard InChI is InChI=1S/C26H25NO3/c1-25-18(15-10-6-4-7-11-15)19(16-12-8-5-9-13-16)26(2,23(25)28)21-20(25)17-14-27(22(17)21)24(29)30-3/h4-13,17,20-22H,14H2,1-3H3. The fourth-order valence-corrected chi connectivity index (χ4v) is 7.49. The zero-order valence-electron chi connectivity index (χ0n) is 17.5. The molecule has 0 radical (unpaired) electrons. The Morgan fingerprint density at radius 3 is 1.90 bits per heavy atom. The molecule has 4 heteroatoms. The molecule has 4 nitrogen and oxygen atoms in total. The Labute approximate surface area is 176 Å². The molecule has 0 spiro atoms. The summed E-state index contributed by atoms with van der Waals surface area (Å²) in [4.78, 5) is 28.2. The molecule has 2 aromatic carbocycles. The second kappa shape index (κ2) is 5.63. The van der Waals surface area contributed by atoms with Crippen LogP contribution in [-0.2, 0) is 9.53 Å². The molecule has 4 aliphatic rings. The Morgan fingerprint density at radius 1 is 0.900 bits per heavy atom. The van der Waals surface area contributed by atoms with Crippen LogP contribution in [0.15, 0.2) is 60.7 Å². The SMILES string of the molecule is COC(=O)N1CC2C1C1C2C2(C)C(=O)C1(C)C(c1ccccc1)=C2c1ccccc1. The second-order valence-corrected chi connectivity index (χ2v) is 9.54. The van der Waals surface area contributed by atoms with Crippen molar-refractivity contribution in [2.24, 2.45) is 28.6 Å². The molecule has 2 saturated carbocycles. The molecule has 2 aromatic rings. The maximum atomic E-state index is 14.1. The number of Topliss-reactive ketones (excluding diaryl/α,β-unsaturated/α-hetero) is 1. The van der Waals surface area contributed by atoms with E-state index in [4.69, 9.17) is 4.74 Å². The summed E-state index contributed by atoms with van der Waals surface area (Å²) in [5.41, 5.74) is 3.48. The number of ketones is 1. The summed E-state index contributed by atoms with van der Waals surface area (Å²) in [5, 5.41) is 0. The molecule has 1 heterocycles. The third kappa shape index (κ3) is 1.76. The van der Waals surface area contributed by atoms with Gasteiger partial charge in [-0.2, -0.15) is 0 Å². The van der Waals surface area contributed by atoms with Crippen LogP contribution in [0.4, 0.5) is 4.79 Å². The van der Waals surface area contributed by atoms with Gasteiger partial charge in [-0.15, -0.1) is 0 Å². The van der Waals surface area contributed by atoms with E-state index in [1.165, 1.54) is 12.7 Å². The zero-order chi connectivity index (χ0) is 20.8. The largest absolute Gasteiger partial charge is 0.453 e. The Kier molecular flexibility index (Phi) is 3.36. The van der Waals surface area contributed by atoms with Crippen molar-refractivity contribution in [3.05, 3.63) is 71.8 Å². The number of carbonyl (C=O) groups excluding carboxylic acids is 2. The van der Waals surface area contributed by atoms with Crippen molar-refractivity contribution >= 4 is 23.0 Å². The van der Waals surface area contributed by atoms with Crippen molar-refractivity contribution in [2.45, 2.75) is 19.9 Å². The lowest BCUT2D eigenvalue weighted by Crippen LogP contribution is -2.76. The predicted octanol–water partition coefficient (Wildman–Crippen LogP) is 4.52. The zero-order valence-corrected chi connectivity index (χ0v) is 17.5. The van der Waals surface area contributed by atoms with Crippen LogP contribution in [0.25, 0.3) is 11.1 Å². The molecule has 6 unspecified atom stereocenters. The van der Waals surface area contributed by atoms with E-state index in [0.29, 0.717) is 18.2 Å². The number of hydrogen-bond acceptors (Lipinski definition) is 3. The molecule has 6 atom stereocenters. The number of amides is 1. The topological polar surface area (TPSA) is 46.6 Å². The Bertz CT molecular complexity index is 1110. The van der Waals surface area contributed by atoms with Crippen LogP contribution in [-0.4, -0.2) is 36.5 Å². The van der Waals surface area contributed by atoms with Crippen LogP contribution in [0.2, 0.25) is 0 Å². The first-order valence-electron chi connectivity index (χ1n) is 10.7. The van der Waals surface area contributed by atoms with Crippen molar-refractivity contribution < 1.29 is 14.3 Å². The van der Waals surface area contributed by atoms with Gasteiger partial charge in [0.05, 0.1) is 17.9 Å². The lowest BCUT2D eigenvalue weighted by molar-refractivity contribution is -0.170. The summed E-state index contributed by atoms with van der Waals surface area (Å²) in [7, 11) is 1.43. The molecule has 1 aliphatic heterocycles. The van der Waals surface area contributed by atoms with Crippen LogP contribution >= 0.6 is 0 Å². The first-order chi connectivity index (χ1) is 14.5. The molecule has 30 heavy (non-hydrogen) atoms. The molecule has 1 amide bonds. The van der Waals surface area contributed by atoms with Crippen molar-refractivity contribution in [1.82, 2.24) is 4.90 Å². The Hall–Kier alpha value is -2.88. The van der Waals surface area contributed by atoms with E-state index in [0.717, 1.165) is 16.7 Å². The number of allylic oxidation sites excluding steroid dienone is 2. The average molecular weight is 399 g/mol. The maximum absolute atomic E-state index is 14.1. The van der Waals surface area contributed by atoms with E-state index < -0.39 is 10.8 Å². The number of benzene rings is 2. The van der Waals surface area contributed by atoms with Gasteiger partial charge in [0.2, 0.25) is 0 Å². The number of hydrogen-bond donors (Lipinski definition) is 0. The fraction of sp³-hybridized carbons (Fsp3) is 0.385. The van der Waals surface area contributed by atoms with Gasteiger partial charge in [-0.1, -0.05) is 60.7 Å². The average Bonchev–Trinajstić information content (AvgIpc) is 3.02. The molecule has 3 fully saturated rings. The third-order valence-corrected chi connectivity index (χ3v) is 8.52. The third-order valence-electron chi connectivity index (χ3n) is 8.52. The highest BCUT2D eigenvalue weighted by Crippen LogP contribution is 2.80. The van der Waals surface area contributed by atoms with Crippen LogP contribution in [0.3, 0.4) is 0 Å². The lowest BCUT2D eigenvalue weighted by Gasteiger charge is -2.68. The summed E-state index contributed by atoms with van der Waals surface area (Å²) < 4.78 is 5.01. The number of ether oxygens (including phenoxy) is 1. The highest BCUT2D eigenvalue weighted by atomic mass is 16.5. The minimum atomic E-state index is -0.597. The van der Waals surface area contributed by atoms with Crippen LogP contribution < -0.4 is 0 Å². The summed E-state index contributed by atoms with van der Waals surface area (Å²) in [6.45, 7) is 4.98. The van der Waals surface area contributed by atoms with Gasteiger partial charge >= 0.3 is 6.09 Å². The molecule has 2 bridgehead atoms. The van der Waals surface area contributed by atoms with Gasteiger partial charge in [-0.25, -0.2) is 4.79 Å². The maximum Gasteiger partial charge on any atom is 0.409 e. The number of likely N-dealkylation sites (tertiary alicyclic amines) is 1. The minimum Gasteiger partial charge on any atom is -0.453 e. The molecule has 152 valence electrons. The number of nitrogens with zero attached hydrogens (tertiary/aromatic N) is 1. The summed E-state index contributed by atoms with van der Waals surface area (Å²) in [5.74, 6) is 1.13. The summed E-state index contributed by atoms with van der Waals surface area (Å²) in [6.07, 6.45) is -0.271. The first kappa shape index (κ1) is 17.9. The lowest BCUT2D eigenvalue weighted by atomic mass is 9.44. The van der Waals surface area contributed by atoms with Crippen molar-refractivity contribution in [3.63, 3.8) is 0 Å². The highest BCUT2D eigenvalue weighted by Gasteiger charge is 2.83. The van der Waals surface area contributed by atoms with Gasteiger partial charge in [0, 0.05) is 24.4 Å². The number of methoxy groups -OCH3 is 1. The van der Waals surface area contributed by atoms with E-state index in [-0.39, 0.29) is 24.0 Å². The van der Waals surface area contributed by atoms with E-state index in [1.807, 2.05) is 29.2 Å². The van der Waals surface area contributed by atoms with Crippen LogP contribution in [0.5, 0.6) is 0 Å². The Morgan fingerprint density at radius 2 is 1.40 bits per heavy atom. The smallest absolute Gasteiger partial charge is 0.409 e. The first-order valence-corrected chi connectivity index (χ1v) is 10.7. The van der Waals surface area contributed by atoms with E-state index in [1.54, 1.807) is 0 Å². The fourth-order valence-electron chi connectivity index (χ4n) is 7.49. The van der Waals surface area contributed by atoms with Crippen LogP contribution in [0.1, 0.15) is 25.0 Å². The van der Waals surface area contributed by atoms with Gasteiger partial charge in [-0.05, 0) is 42.0 Å². The van der Waals surface area contributed by atoms with Crippen molar-refractivity contribution in [3.8, 4) is 0 Å². The molecule has 0 N–H and O–H groups in total. The van der Waals surface area contributed by atoms with E-state index >= 15 is 0 Å². The van der Waals surface area contributed by atoms with Gasteiger partial charge in [0.15, 0.2) is 5.78 Å². The normalized spacial score (nSPS) is 38.0. The van der Waals surface area contributed by atoms with Crippen molar-refractivity contribution in [1.29, 1.82) is 0 Å². The molecule has 6 rings (SSSR count). The number of piperidine rings is 1. The molecule has 1 saturated heterocycles. The van der Waals surface area contributed by atoms with Gasteiger partial charge in [0.1, 0.15) is 0 Å². The van der Waals surface area contributed by atoms with Crippen molar-refractivity contribution in [2.75, 3.05) is 13.7 Å². The Balaban J connectivity index is 1.59. The predicted molar refractivity (Wildman–Crippen MR) is 114 cm³/mol. The highest BCUT2D eigenvalue weighted by molar-refractivity contribution is 6.23. The number of carbonyl (C=O) groups is 2. The summed E-state index contributed by atoms with van der Waals surface area (Å²) >= 11 is 0. The monoisotopic (exact) mass is 399 g/mol. The van der Waals surface area contributed by atoms with Gasteiger partial charge in [-0.3, -0.25) is 4.79 Å². The minimum absolute atomic E-state index is 0.106. The molecular formula is C26H25NO3. The van der Waals surface area contributed by atoms with Gasteiger partial charge < -0.3 is 9.64 Å². The van der Waals surface area contributed by atoms with Crippen LogP contribution in [0, 0.1) is 28.6 Å².